The minimum atomic E-state index is -0.115. The van der Waals surface area contributed by atoms with Gasteiger partial charge >= 0.3 is 6.03 Å². The van der Waals surface area contributed by atoms with Gasteiger partial charge in [0.2, 0.25) is 0 Å². The van der Waals surface area contributed by atoms with Crippen molar-refractivity contribution in [2.24, 2.45) is 0 Å². The van der Waals surface area contributed by atoms with E-state index >= 15 is 0 Å². The Bertz CT molecular complexity index is 912. The van der Waals surface area contributed by atoms with E-state index in [2.05, 4.69) is 5.32 Å². The summed E-state index contributed by atoms with van der Waals surface area (Å²) < 4.78 is 12.9. The third kappa shape index (κ3) is 3.98. The number of hydrogen-bond donors (Lipinski definition) is 1. The fourth-order valence-electron chi connectivity index (χ4n) is 3.45. The summed E-state index contributed by atoms with van der Waals surface area (Å²) in [4.78, 5) is 26.2. The van der Waals surface area contributed by atoms with Gasteiger partial charge in [0.05, 0.1) is 20.2 Å². The van der Waals surface area contributed by atoms with Gasteiger partial charge in [-0.3, -0.25) is 4.79 Å². The van der Waals surface area contributed by atoms with Crippen molar-refractivity contribution in [1.29, 1.82) is 0 Å². The maximum absolute atomic E-state index is 12.3. The van der Waals surface area contributed by atoms with Gasteiger partial charge in [-0.05, 0) is 43.5 Å². The quantitative estimate of drug-likeness (QED) is 0.832. The van der Waals surface area contributed by atoms with Gasteiger partial charge in [-0.1, -0.05) is 12.1 Å². The molecule has 2 aromatic rings. The molecule has 2 aliphatic rings. The van der Waals surface area contributed by atoms with Crippen molar-refractivity contribution in [1.82, 2.24) is 14.8 Å². The molecule has 2 amide bonds. The van der Waals surface area contributed by atoms with Crippen LogP contribution in [0.5, 0.6) is 11.5 Å². The minimum Gasteiger partial charge on any atom is -0.497 e. The Morgan fingerprint density at radius 3 is 2.46 bits per heavy atom. The summed E-state index contributed by atoms with van der Waals surface area (Å²) in [5, 5.41) is 2.91. The number of rotatable bonds is 6. The zero-order valence-corrected chi connectivity index (χ0v) is 16.2. The fraction of sp³-hybridized carbons (Fsp3) is 0.429. The van der Waals surface area contributed by atoms with E-state index < -0.39 is 0 Å². The number of carbonyl (C=O) groups is 1. The number of aromatic nitrogens is 1. The number of amides is 2. The van der Waals surface area contributed by atoms with Gasteiger partial charge in [-0.2, -0.15) is 0 Å². The van der Waals surface area contributed by atoms with Crippen LogP contribution in [-0.2, 0) is 6.54 Å². The van der Waals surface area contributed by atoms with Crippen LogP contribution in [0.1, 0.15) is 30.1 Å². The molecule has 0 spiro atoms. The molecule has 1 aromatic carbocycles. The highest BCUT2D eigenvalue weighted by Gasteiger charge is 2.33. The summed E-state index contributed by atoms with van der Waals surface area (Å²) in [6.07, 6.45) is 2.07. The molecular weight excluding hydrogens is 358 g/mol. The second kappa shape index (κ2) is 7.58. The first kappa shape index (κ1) is 18.4. The zero-order chi connectivity index (χ0) is 19.7. The number of urea groups is 1. The first-order chi connectivity index (χ1) is 13.5. The first-order valence-electron chi connectivity index (χ1n) is 9.59. The topological polar surface area (TPSA) is 72.8 Å². The van der Waals surface area contributed by atoms with Gasteiger partial charge in [0.25, 0.3) is 5.56 Å². The Kier molecular flexibility index (Phi) is 4.98. The molecule has 1 aliphatic carbocycles. The summed E-state index contributed by atoms with van der Waals surface area (Å²) in [6.45, 7) is 3.42. The van der Waals surface area contributed by atoms with Crippen LogP contribution < -0.4 is 20.3 Å². The molecule has 148 valence electrons. The van der Waals surface area contributed by atoms with Gasteiger partial charge < -0.3 is 24.3 Å². The smallest absolute Gasteiger partial charge is 0.317 e. The monoisotopic (exact) mass is 383 g/mol. The number of aryl methyl sites for hydroxylation is 1. The van der Waals surface area contributed by atoms with E-state index in [9.17, 15) is 9.59 Å². The van der Waals surface area contributed by atoms with Crippen LogP contribution in [0, 0.1) is 6.92 Å². The van der Waals surface area contributed by atoms with Crippen molar-refractivity contribution in [3.8, 4) is 11.5 Å². The molecule has 4 rings (SSSR count). The minimum absolute atomic E-state index is 0.00841. The standard InChI is InChI=1S/C21H25N3O4/c1-14-9-18(10-20(25)24(14)16-5-6-16)28-19-12-23(13-19)21(26)22-11-15-3-7-17(27-2)8-4-15/h3-4,7-10,16,19H,5-6,11-13H2,1-2H3,(H,22,26). The molecule has 28 heavy (non-hydrogen) atoms. The van der Waals surface area contributed by atoms with Crippen molar-refractivity contribution < 1.29 is 14.3 Å². The molecule has 0 radical (unpaired) electrons. The van der Waals surface area contributed by atoms with Crippen LogP contribution in [0.25, 0.3) is 0 Å². The van der Waals surface area contributed by atoms with Crippen molar-refractivity contribution in [3.05, 3.63) is 58.0 Å². The molecule has 1 N–H and O–H groups in total. The van der Waals surface area contributed by atoms with Gasteiger partial charge in [0.1, 0.15) is 17.6 Å². The predicted molar refractivity (Wildman–Crippen MR) is 105 cm³/mol. The lowest BCUT2D eigenvalue weighted by atomic mass is 10.1. The molecule has 7 heteroatoms. The van der Waals surface area contributed by atoms with Gasteiger partial charge in [-0.25, -0.2) is 4.79 Å². The molecular formula is C21H25N3O4. The Morgan fingerprint density at radius 1 is 1.14 bits per heavy atom. The number of carbonyl (C=O) groups excluding carboxylic acids is 1. The lowest BCUT2D eigenvalue weighted by molar-refractivity contribution is 0.0441. The number of benzene rings is 1. The van der Waals surface area contributed by atoms with Gasteiger partial charge in [0, 0.05) is 24.3 Å². The molecule has 1 aliphatic heterocycles. The first-order valence-corrected chi connectivity index (χ1v) is 9.59. The summed E-state index contributed by atoms with van der Waals surface area (Å²) in [5.74, 6) is 1.38. The van der Waals surface area contributed by atoms with E-state index in [0.717, 1.165) is 29.8 Å². The largest absolute Gasteiger partial charge is 0.497 e. The Balaban J connectivity index is 1.25. The van der Waals surface area contributed by atoms with Crippen LogP contribution in [0.2, 0.25) is 0 Å². The van der Waals surface area contributed by atoms with Crippen LogP contribution in [-0.4, -0.2) is 41.8 Å². The Morgan fingerprint density at radius 2 is 1.86 bits per heavy atom. The maximum atomic E-state index is 12.3. The van der Waals surface area contributed by atoms with Crippen molar-refractivity contribution in [3.63, 3.8) is 0 Å². The number of ether oxygens (including phenoxy) is 2. The van der Waals surface area contributed by atoms with Crippen molar-refractivity contribution >= 4 is 6.03 Å². The third-order valence-corrected chi connectivity index (χ3v) is 5.19. The number of methoxy groups -OCH3 is 1. The van der Waals surface area contributed by atoms with E-state index in [1.54, 1.807) is 18.1 Å². The predicted octanol–water partition coefficient (Wildman–Crippen LogP) is 2.47. The van der Waals surface area contributed by atoms with Crippen molar-refractivity contribution in [2.75, 3.05) is 20.2 Å². The molecule has 2 heterocycles. The highest BCUT2D eigenvalue weighted by atomic mass is 16.5. The van der Waals surface area contributed by atoms with Gasteiger partial charge in [0.15, 0.2) is 0 Å². The maximum Gasteiger partial charge on any atom is 0.317 e. The highest BCUT2D eigenvalue weighted by molar-refractivity contribution is 5.75. The van der Waals surface area contributed by atoms with Crippen LogP contribution in [0.15, 0.2) is 41.2 Å². The molecule has 2 fully saturated rings. The van der Waals surface area contributed by atoms with Crippen molar-refractivity contribution in [2.45, 2.75) is 38.5 Å². The lowest BCUT2D eigenvalue weighted by Gasteiger charge is -2.38. The summed E-state index contributed by atoms with van der Waals surface area (Å²) in [5.41, 5.74) is 1.93. The highest BCUT2D eigenvalue weighted by Crippen LogP contribution is 2.35. The Labute approximate surface area is 163 Å². The third-order valence-electron chi connectivity index (χ3n) is 5.19. The fourth-order valence-corrected chi connectivity index (χ4v) is 3.45. The van der Waals surface area contributed by atoms with E-state index in [1.807, 2.05) is 41.8 Å². The number of nitrogens with zero attached hydrogens (tertiary/aromatic N) is 2. The molecule has 0 atom stereocenters. The molecule has 1 aromatic heterocycles. The molecule has 1 saturated carbocycles. The number of likely N-dealkylation sites (tertiary alicyclic amines) is 1. The number of hydrogen-bond acceptors (Lipinski definition) is 4. The molecule has 0 unspecified atom stereocenters. The number of nitrogens with one attached hydrogen (secondary N) is 1. The van der Waals surface area contributed by atoms with Crippen LogP contribution in [0.4, 0.5) is 4.79 Å². The number of pyridine rings is 1. The van der Waals surface area contributed by atoms with Crippen LogP contribution >= 0.6 is 0 Å². The van der Waals surface area contributed by atoms with E-state index in [4.69, 9.17) is 9.47 Å². The normalized spacial score (nSPS) is 16.4. The average molecular weight is 383 g/mol. The van der Waals surface area contributed by atoms with E-state index in [1.165, 1.54) is 0 Å². The summed E-state index contributed by atoms with van der Waals surface area (Å²) in [7, 11) is 1.62. The molecule has 1 saturated heterocycles. The molecule has 0 bridgehead atoms. The summed E-state index contributed by atoms with van der Waals surface area (Å²) in [6, 6.07) is 11.3. The summed E-state index contributed by atoms with van der Waals surface area (Å²) >= 11 is 0. The lowest BCUT2D eigenvalue weighted by Crippen LogP contribution is -2.58. The SMILES string of the molecule is COc1ccc(CNC(=O)N2CC(Oc3cc(C)n(C4CC4)c(=O)c3)C2)cc1. The molecule has 7 nitrogen and oxygen atoms in total. The second-order valence-electron chi connectivity index (χ2n) is 7.42. The Hall–Kier alpha value is -2.96. The second-order valence-corrected chi connectivity index (χ2v) is 7.42. The van der Waals surface area contributed by atoms with Crippen LogP contribution in [0.3, 0.4) is 0 Å². The zero-order valence-electron chi connectivity index (χ0n) is 16.2. The average Bonchev–Trinajstić information content (AvgIpc) is 3.47. The van der Waals surface area contributed by atoms with Gasteiger partial charge in [-0.15, -0.1) is 0 Å². The van der Waals surface area contributed by atoms with E-state index in [-0.39, 0.29) is 17.7 Å². The van der Waals surface area contributed by atoms with E-state index in [0.29, 0.717) is 31.4 Å².